The molecule has 0 aromatic carbocycles. The fourth-order valence-corrected chi connectivity index (χ4v) is 2.85. The lowest BCUT2D eigenvalue weighted by molar-refractivity contribution is -0.131. The van der Waals surface area contributed by atoms with Gasteiger partial charge in [0.25, 0.3) is 0 Å². The predicted molar refractivity (Wildman–Crippen MR) is 66.9 cm³/mol. The van der Waals surface area contributed by atoms with E-state index in [0.29, 0.717) is 12.2 Å². The highest BCUT2D eigenvalue weighted by Gasteiger charge is 2.41. The van der Waals surface area contributed by atoms with Crippen molar-refractivity contribution >= 4 is 5.78 Å². The zero-order chi connectivity index (χ0) is 12.3. The average molecular weight is 235 g/mol. The molecule has 0 spiro atoms. The van der Waals surface area contributed by atoms with Gasteiger partial charge in [0, 0.05) is 0 Å². The Labute approximate surface area is 103 Å². The van der Waals surface area contributed by atoms with Gasteiger partial charge >= 0.3 is 0 Å². The first-order valence-electron chi connectivity index (χ1n) is 6.38. The van der Waals surface area contributed by atoms with Crippen LogP contribution in [0.2, 0.25) is 0 Å². The van der Waals surface area contributed by atoms with Gasteiger partial charge in [-0.1, -0.05) is 19.3 Å². The highest BCUT2D eigenvalue weighted by Crippen LogP contribution is 2.33. The van der Waals surface area contributed by atoms with Gasteiger partial charge in [-0.2, -0.15) is 0 Å². The van der Waals surface area contributed by atoms with Crippen molar-refractivity contribution in [2.24, 2.45) is 0 Å². The number of ketones is 1. The number of hydrogen-bond acceptors (Lipinski definition) is 3. The van der Waals surface area contributed by atoms with Crippen LogP contribution in [0.4, 0.5) is 0 Å². The number of hydrogen-bond donors (Lipinski definition) is 0. The number of rotatable bonds is 4. The van der Waals surface area contributed by atoms with E-state index in [0.717, 1.165) is 31.4 Å². The molecule has 1 fully saturated rings. The Bertz CT molecular complexity index is 362. The highest BCUT2D eigenvalue weighted by molar-refractivity contribution is 5.89. The smallest absolute Gasteiger partial charge is 0.160 e. The van der Waals surface area contributed by atoms with Crippen LogP contribution in [0, 0.1) is 0 Å². The second-order valence-corrected chi connectivity index (χ2v) is 5.17. The fraction of sp³-hybridized carbons (Fsp3) is 0.643. The first-order valence-corrected chi connectivity index (χ1v) is 6.38. The number of furan rings is 1. The molecule has 0 N–H and O–H groups in total. The molecule has 1 heterocycles. The van der Waals surface area contributed by atoms with Crippen molar-refractivity contribution in [2.75, 3.05) is 14.1 Å². The Morgan fingerprint density at radius 2 is 2.06 bits per heavy atom. The molecule has 94 valence electrons. The second-order valence-electron chi connectivity index (χ2n) is 5.17. The number of nitrogens with zero attached hydrogens (tertiary/aromatic N) is 1. The minimum atomic E-state index is -0.259. The molecule has 1 aromatic heterocycles. The van der Waals surface area contributed by atoms with Gasteiger partial charge < -0.3 is 4.42 Å². The summed E-state index contributed by atoms with van der Waals surface area (Å²) in [6.45, 7) is 0. The lowest BCUT2D eigenvalue weighted by atomic mass is 9.76. The molecular formula is C14H21NO2. The third-order valence-electron chi connectivity index (χ3n) is 3.97. The summed E-state index contributed by atoms with van der Waals surface area (Å²) in [6.07, 6.45) is 7.59. The van der Waals surface area contributed by atoms with Gasteiger partial charge in [-0.25, -0.2) is 0 Å². The zero-order valence-electron chi connectivity index (χ0n) is 10.7. The third kappa shape index (κ3) is 2.44. The number of carbonyl (C=O) groups excluding carboxylic acids is 1. The molecule has 0 bridgehead atoms. The maximum Gasteiger partial charge on any atom is 0.160 e. The summed E-state index contributed by atoms with van der Waals surface area (Å²) in [5.41, 5.74) is -0.259. The molecule has 1 saturated carbocycles. The molecular weight excluding hydrogens is 214 g/mol. The van der Waals surface area contributed by atoms with Gasteiger partial charge in [-0.05, 0) is 39.1 Å². The van der Waals surface area contributed by atoms with Crippen LogP contribution in [0.25, 0.3) is 0 Å². The Morgan fingerprint density at radius 1 is 1.35 bits per heavy atom. The van der Waals surface area contributed by atoms with Gasteiger partial charge in [-0.15, -0.1) is 0 Å². The average Bonchev–Trinajstić information content (AvgIpc) is 2.82. The van der Waals surface area contributed by atoms with Gasteiger partial charge in [0.1, 0.15) is 5.76 Å². The molecule has 0 unspecified atom stereocenters. The summed E-state index contributed by atoms with van der Waals surface area (Å²) in [5, 5.41) is 0. The molecule has 3 heteroatoms. The molecule has 17 heavy (non-hydrogen) atoms. The van der Waals surface area contributed by atoms with Gasteiger partial charge in [-0.3, -0.25) is 9.69 Å². The largest absolute Gasteiger partial charge is 0.469 e. The lowest BCUT2D eigenvalue weighted by Crippen LogP contribution is -2.53. The van der Waals surface area contributed by atoms with Gasteiger partial charge in [0.15, 0.2) is 5.78 Å². The summed E-state index contributed by atoms with van der Waals surface area (Å²) in [6, 6.07) is 3.72. The van der Waals surface area contributed by atoms with Crippen molar-refractivity contribution in [1.29, 1.82) is 0 Å². The quantitative estimate of drug-likeness (QED) is 0.804. The molecule has 1 aliphatic rings. The Balaban J connectivity index is 2.13. The van der Waals surface area contributed by atoms with Crippen LogP contribution in [0.5, 0.6) is 0 Å². The van der Waals surface area contributed by atoms with Crippen molar-refractivity contribution in [2.45, 2.75) is 44.1 Å². The normalized spacial score (nSPS) is 19.5. The van der Waals surface area contributed by atoms with Crippen LogP contribution >= 0.6 is 0 Å². The summed E-state index contributed by atoms with van der Waals surface area (Å²) in [4.78, 5) is 14.6. The van der Waals surface area contributed by atoms with E-state index in [1.165, 1.54) is 6.42 Å². The highest BCUT2D eigenvalue weighted by atomic mass is 16.3. The fourth-order valence-electron chi connectivity index (χ4n) is 2.85. The zero-order valence-corrected chi connectivity index (χ0v) is 10.7. The SMILES string of the molecule is CN(C)C1(C(=O)Cc2ccco2)CCCCC1. The molecule has 0 amide bonds. The summed E-state index contributed by atoms with van der Waals surface area (Å²) in [5.74, 6) is 1.08. The minimum Gasteiger partial charge on any atom is -0.469 e. The first-order chi connectivity index (χ1) is 8.15. The molecule has 2 rings (SSSR count). The number of carbonyl (C=O) groups is 1. The summed E-state index contributed by atoms with van der Waals surface area (Å²) < 4.78 is 5.28. The van der Waals surface area contributed by atoms with Crippen LogP contribution in [-0.4, -0.2) is 30.3 Å². The summed E-state index contributed by atoms with van der Waals surface area (Å²) >= 11 is 0. The molecule has 3 nitrogen and oxygen atoms in total. The monoisotopic (exact) mass is 235 g/mol. The van der Waals surface area contributed by atoms with Gasteiger partial charge in [0.2, 0.25) is 0 Å². The molecule has 0 radical (unpaired) electrons. The maximum absolute atomic E-state index is 12.5. The molecule has 0 aliphatic heterocycles. The van der Waals surface area contributed by atoms with Crippen LogP contribution in [-0.2, 0) is 11.2 Å². The predicted octanol–water partition coefficient (Wildman–Crippen LogP) is 2.66. The van der Waals surface area contributed by atoms with Crippen LogP contribution in [0.1, 0.15) is 37.9 Å². The van der Waals surface area contributed by atoms with Crippen molar-refractivity contribution in [1.82, 2.24) is 4.90 Å². The van der Waals surface area contributed by atoms with E-state index in [1.807, 2.05) is 26.2 Å². The van der Waals surface area contributed by atoms with E-state index in [1.54, 1.807) is 6.26 Å². The standard InChI is InChI=1S/C14H21NO2/c1-15(2)14(8-4-3-5-9-14)13(16)11-12-7-6-10-17-12/h6-7,10H,3-5,8-9,11H2,1-2H3. The van der Waals surface area contributed by atoms with E-state index in [-0.39, 0.29) is 5.54 Å². The topological polar surface area (TPSA) is 33.5 Å². The lowest BCUT2D eigenvalue weighted by Gasteiger charge is -2.41. The molecule has 1 aromatic rings. The maximum atomic E-state index is 12.5. The number of Topliss-reactive ketones (excluding diaryl/α,β-unsaturated/α-hetero) is 1. The third-order valence-corrected chi connectivity index (χ3v) is 3.97. The number of likely N-dealkylation sites (N-methyl/N-ethyl adjacent to an activating group) is 1. The van der Waals surface area contributed by atoms with E-state index in [4.69, 9.17) is 4.42 Å². The van der Waals surface area contributed by atoms with Crippen molar-refractivity contribution < 1.29 is 9.21 Å². The van der Waals surface area contributed by atoms with Crippen LogP contribution < -0.4 is 0 Å². The van der Waals surface area contributed by atoms with E-state index in [9.17, 15) is 4.79 Å². The van der Waals surface area contributed by atoms with Crippen molar-refractivity contribution in [3.05, 3.63) is 24.2 Å². The Hall–Kier alpha value is -1.09. The van der Waals surface area contributed by atoms with Crippen molar-refractivity contribution in [3.63, 3.8) is 0 Å². The van der Waals surface area contributed by atoms with E-state index in [2.05, 4.69) is 4.90 Å². The Morgan fingerprint density at radius 3 is 2.59 bits per heavy atom. The van der Waals surface area contributed by atoms with E-state index >= 15 is 0 Å². The molecule has 0 atom stereocenters. The van der Waals surface area contributed by atoms with Crippen LogP contribution in [0.3, 0.4) is 0 Å². The van der Waals surface area contributed by atoms with E-state index < -0.39 is 0 Å². The molecule has 1 aliphatic carbocycles. The Kier molecular flexibility index (Phi) is 3.67. The van der Waals surface area contributed by atoms with Crippen LogP contribution in [0.15, 0.2) is 22.8 Å². The van der Waals surface area contributed by atoms with Gasteiger partial charge in [0.05, 0.1) is 18.2 Å². The minimum absolute atomic E-state index is 0.259. The second kappa shape index (κ2) is 5.05. The van der Waals surface area contributed by atoms with Crippen molar-refractivity contribution in [3.8, 4) is 0 Å². The molecule has 0 saturated heterocycles. The first kappa shape index (κ1) is 12.4. The summed E-state index contributed by atoms with van der Waals surface area (Å²) in [7, 11) is 4.04.